The maximum Gasteiger partial charge on any atom is 0.136 e. The molecule has 0 fully saturated rings. The molecule has 0 radical (unpaired) electrons. The van der Waals surface area contributed by atoms with Gasteiger partial charge in [0.25, 0.3) is 0 Å². The second-order valence-electron chi connectivity index (χ2n) is 7.76. The first-order chi connectivity index (χ1) is 14.4. The summed E-state index contributed by atoms with van der Waals surface area (Å²) in [5.74, 6) is 2.29. The van der Waals surface area contributed by atoms with Crippen LogP contribution in [0.4, 0.5) is 0 Å². The van der Waals surface area contributed by atoms with Crippen molar-refractivity contribution in [3.63, 3.8) is 0 Å². The summed E-state index contributed by atoms with van der Waals surface area (Å²) in [7, 11) is 4.93. The van der Waals surface area contributed by atoms with E-state index in [0.29, 0.717) is 17.1 Å². The number of aliphatic imine (C=N–C) groups is 1. The minimum Gasteiger partial charge on any atom is -0.506 e. The molecule has 5 heteroatoms. The molecule has 1 aliphatic heterocycles. The first kappa shape index (κ1) is 20.1. The van der Waals surface area contributed by atoms with E-state index in [0.717, 1.165) is 50.9 Å². The number of rotatable bonds is 4. The zero-order valence-electron chi connectivity index (χ0n) is 18.3. The fraction of sp³-hybridized carbons (Fsp3) is 0.320. The minimum atomic E-state index is 0.181. The number of phenolic OH excluding ortho intramolecular Hbond substituents is 1. The van der Waals surface area contributed by atoms with Crippen LogP contribution in [-0.2, 0) is 6.42 Å². The predicted octanol–water partition coefficient (Wildman–Crippen LogP) is 5.30. The highest BCUT2D eigenvalue weighted by atomic mass is 16.5. The molecule has 5 nitrogen and oxygen atoms in total. The Morgan fingerprint density at radius 2 is 1.60 bits per heavy atom. The fourth-order valence-corrected chi connectivity index (χ4v) is 4.63. The Kier molecular flexibility index (Phi) is 5.06. The van der Waals surface area contributed by atoms with Crippen LogP contribution in [0.1, 0.15) is 30.5 Å². The zero-order valence-corrected chi connectivity index (χ0v) is 18.3. The summed E-state index contributed by atoms with van der Waals surface area (Å²) in [6.07, 6.45) is 0.771. The molecule has 0 saturated heterocycles. The Morgan fingerprint density at radius 1 is 0.900 bits per heavy atom. The third-order valence-corrected chi connectivity index (χ3v) is 5.83. The molecule has 4 rings (SSSR count). The van der Waals surface area contributed by atoms with Gasteiger partial charge in [-0.25, -0.2) is 0 Å². The van der Waals surface area contributed by atoms with Crippen LogP contribution in [0.15, 0.2) is 35.3 Å². The largest absolute Gasteiger partial charge is 0.506 e. The Bertz CT molecular complexity index is 1180. The molecule has 1 atom stereocenters. The Morgan fingerprint density at radius 3 is 2.27 bits per heavy atom. The third kappa shape index (κ3) is 2.96. The van der Waals surface area contributed by atoms with Crippen molar-refractivity contribution in [1.82, 2.24) is 0 Å². The highest BCUT2D eigenvalue weighted by Gasteiger charge is 2.27. The lowest BCUT2D eigenvalue weighted by molar-refractivity contribution is 0.404. The topological polar surface area (TPSA) is 60.3 Å². The second kappa shape index (κ2) is 7.56. The van der Waals surface area contributed by atoms with Gasteiger partial charge >= 0.3 is 0 Å². The van der Waals surface area contributed by atoms with E-state index in [-0.39, 0.29) is 11.8 Å². The molecule has 0 aliphatic carbocycles. The van der Waals surface area contributed by atoms with Crippen molar-refractivity contribution in [1.29, 1.82) is 0 Å². The third-order valence-electron chi connectivity index (χ3n) is 5.83. The van der Waals surface area contributed by atoms with Crippen molar-refractivity contribution in [2.45, 2.75) is 33.2 Å². The summed E-state index contributed by atoms with van der Waals surface area (Å²) in [5, 5.41) is 13.3. The van der Waals surface area contributed by atoms with Crippen LogP contribution < -0.4 is 14.2 Å². The normalized spacial score (nSPS) is 15.5. The van der Waals surface area contributed by atoms with Gasteiger partial charge in [-0.3, -0.25) is 4.99 Å². The molecule has 0 spiro atoms. The van der Waals surface area contributed by atoms with E-state index in [1.54, 1.807) is 21.3 Å². The summed E-state index contributed by atoms with van der Waals surface area (Å²) < 4.78 is 17.0. The second-order valence-corrected chi connectivity index (χ2v) is 7.76. The molecule has 0 saturated carbocycles. The molecule has 30 heavy (non-hydrogen) atoms. The summed E-state index contributed by atoms with van der Waals surface area (Å²) >= 11 is 0. The van der Waals surface area contributed by atoms with Gasteiger partial charge in [-0.1, -0.05) is 12.1 Å². The van der Waals surface area contributed by atoms with E-state index in [2.05, 4.69) is 6.92 Å². The molecule has 3 aromatic rings. The number of hydrogen-bond donors (Lipinski definition) is 1. The maximum atomic E-state index is 11.5. The molecule has 0 amide bonds. The summed E-state index contributed by atoms with van der Waals surface area (Å²) in [6.45, 7) is 6.04. The fourth-order valence-electron chi connectivity index (χ4n) is 4.63. The van der Waals surface area contributed by atoms with Gasteiger partial charge in [0, 0.05) is 16.8 Å². The standard InChI is InChI=1S/C25H27NO4/c1-13-10-19(29-5)23-17(8-7-9-18(23)28-4)21(13)24-20(30-6)12-16-11-14(2)26-15(3)22(16)25(24)27/h7-10,12,14,27H,11H2,1-6H3/t14-/m1/s1. The Labute approximate surface area is 176 Å². The van der Waals surface area contributed by atoms with Gasteiger partial charge in [-0.15, -0.1) is 0 Å². The van der Waals surface area contributed by atoms with Gasteiger partial charge in [0.1, 0.15) is 23.0 Å². The molecule has 0 bridgehead atoms. The van der Waals surface area contributed by atoms with Crippen LogP contribution in [0, 0.1) is 6.92 Å². The maximum absolute atomic E-state index is 11.5. The number of hydrogen-bond acceptors (Lipinski definition) is 5. The first-order valence-electron chi connectivity index (χ1n) is 10.0. The molecule has 1 N–H and O–H groups in total. The lowest BCUT2D eigenvalue weighted by Crippen LogP contribution is -2.17. The predicted molar refractivity (Wildman–Crippen MR) is 121 cm³/mol. The number of aryl methyl sites for hydroxylation is 1. The van der Waals surface area contributed by atoms with E-state index < -0.39 is 0 Å². The van der Waals surface area contributed by atoms with Crippen molar-refractivity contribution in [2.75, 3.05) is 21.3 Å². The minimum absolute atomic E-state index is 0.181. The summed E-state index contributed by atoms with van der Waals surface area (Å²) in [4.78, 5) is 4.69. The van der Waals surface area contributed by atoms with E-state index in [4.69, 9.17) is 19.2 Å². The van der Waals surface area contributed by atoms with E-state index in [9.17, 15) is 5.11 Å². The number of aromatic hydroxyl groups is 1. The molecular formula is C25H27NO4. The molecule has 0 unspecified atom stereocenters. The van der Waals surface area contributed by atoms with Crippen LogP contribution in [0.25, 0.3) is 21.9 Å². The van der Waals surface area contributed by atoms with Gasteiger partial charge in [0.15, 0.2) is 0 Å². The van der Waals surface area contributed by atoms with Crippen molar-refractivity contribution < 1.29 is 19.3 Å². The number of methoxy groups -OCH3 is 3. The van der Waals surface area contributed by atoms with Gasteiger partial charge in [0.05, 0.1) is 38.3 Å². The van der Waals surface area contributed by atoms with E-state index in [1.165, 1.54) is 0 Å². The quantitative estimate of drug-likeness (QED) is 0.640. The molecular weight excluding hydrogens is 378 g/mol. The SMILES string of the molecule is COc1cc2c(c(O)c1-c1c(C)cc(OC)c3c(OC)cccc13)C(C)=N[C@H](C)C2. The average molecular weight is 405 g/mol. The Hall–Kier alpha value is -3.21. The number of benzene rings is 3. The van der Waals surface area contributed by atoms with Crippen molar-refractivity contribution in [2.24, 2.45) is 4.99 Å². The number of fused-ring (bicyclic) bond motifs is 2. The van der Waals surface area contributed by atoms with Crippen LogP contribution in [-0.4, -0.2) is 38.2 Å². The van der Waals surface area contributed by atoms with Gasteiger partial charge < -0.3 is 19.3 Å². The van der Waals surface area contributed by atoms with Crippen LogP contribution in [0.5, 0.6) is 23.0 Å². The highest BCUT2D eigenvalue weighted by molar-refractivity contribution is 6.10. The summed E-state index contributed by atoms with van der Waals surface area (Å²) in [5.41, 5.74) is 5.24. The highest BCUT2D eigenvalue weighted by Crippen LogP contribution is 2.49. The monoisotopic (exact) mass is 405 g/mol. The van der Waals surface area contributed by atoms with Crippen LogP contribution >= 0.6 is 0 Å². The van der Waals surface area contributed by atoms with Gasteiger partial charge in [-0.05, 0) is 61.9 Å². The van der Waals surface area contributed by atoms with Crippen LogP contribution in [0.2, 0.25) is 0 Å². The smallest absolute Gasteiger partial charge is 0.136 e. The molecule has 1 heterocycles. The van der Waals surface area contributed by atoms with Crippen molar-refractivity contribution >= 4 is 16.5 Å². The van der Waals surface area contributed by atoms with Gasteiger partial charge in [-0.2, -0.15) is 0 Å². The van der Waals surface area contributed by atoms with E-state index in [1.807, 2.05) is 44.2 Å². The van der Waals surface area contributed by atoms with Crippen molar-refractivity contribution in [3.05, 3.63) is 47.0 Å². The molecule has 0 aromatic heterocycles. The first-order valence-corrected chi connectivity index (χ1v) is 10.0. The zero-order chi connectivity index (χ0) is 21.6. The Balaban J connectivity index is 2.14. The number of nitrogens with zero attached hydrogens (tertiary/aromatic N) is 1. The van der Waals surface area contributed by atoms with Gasteiger partial charge in [0.2, 0.25) is 0 Å². The van der Waals surface area contributed by atoms with E-state index >= 15 is 0 Å². The van der Waals surface area contributed by atoms with Crippen LogP contribution in [0.3, 0.4) is 0 Å². The molecule has 1 aliphatic rings. The lowest BCUT2D eigenvalue weighted by Gasteiger charge is -2.25. The van der Waals surface area contributed by atoms with Crippen molar-refractivity contribution in [3.8, 4) is 34.1 Å². The molecule has 3 aromatic carbocycles. The molecule has 156 valence electrons. The number of ether oxygens (including phenoxy) is 3. The number of phenols is 1. The summed E-state index contributed by atoms with van der Waals surface area (Å²) in [6, 6.07) is 10.1. The lowest BCUT2D eigenvalue weighted by atomic mass is 9.86. The average Bonchev–Trinajstić information content (AvgIpc) is 2.72.